The Morgan fingerprint density at radius 3 is 2.56 bits per heavy atom. The molecule has 0 radical (unpaired) electrons. The van der Waals surface area contributed by atoms with Gasteiger partial charge in [-0.1, -0.05) is 40.9 Å². The van der Waals surface area contributed by atoms with Gasteiger partial charge in [0.15, 0.2) is 0 Å². The Hall–Kier alpha value is -0.680. The van der Waals surface area contributed by atoms with E-state index in [1.807, 2.05) is 6.07 Å². The van der Waals surface area contributed by atoms with E-state index in [9.17, 15) is 0 Å². The largest absolute Gasteiger partial charge is 0.368 e. The average molecular weight is 321 g/mol. The van der Waals surface area contributed by atoms with Crippen LogP contribution in [0.2, 0.25) is 15.2 Å². The van der Waals surface area contributed by atoms with Crippen LogP contribution in [0.1, 0.15) is 5.56 Å². The minimum Gasteiger partial charge on any atom is -0.368 e. The molecule has 0 saturated heterocycles. The second-order valence-corrected chi connectivity index (χ2v) is 5.64. The number of thioether (sulfide) groups is 1. The number of rotatable bonds is 3. The molecule has 0 saturated carbocycles. The van der Waals surface area contributed by atoms with Gasteiger partial charge in [0, 0.05) is 21.9 Å². The molecule has 0 bridgehead atoms. The van der Waals surface area contributed by atoms with Gasteiger partial charge in [0.05, 0.1) is 0 Å². The molecule has 0 atom stereocenters. The third-order valence-corrected chi connectivity index (χ3v) is 3.82. The van der Waals surface area contributed by atoms with Crippen molar-refractivity contribution >= 4 is 52.5 Å². The minimum absolute atomic E-state index is 0.159. The van der Waals surface area contributed by atoms with E-state index in [4.69, 9.17) is 40.5 Å². The summed E-state index contributed by atoms with van der Waals surface area (Å²) in [5, 5.41) is 2.27. The molecule has 0 aliphatic heterocycles. The number of nitrogens with zero attached hydrogens (tertiary/aromatic N) is 2. The lowest BCUT2D eigenvalue weighted by Gasteiger charge is -2.05. The lowest BCUT2D eigenvalue weighted by Crippen LogP contribution is -1.96. The Morgan fingerprint density at radius 2 is 1.89 bits per heavy atom. The van der Waals surface area contributed by atoms with Crippen LogP contribution in [0.4, 0.5) is 5.95 Å². The summed E-state index contributed by atoms with van der Waals surface area (Å²) in [6, 6.07) is 7.04. The van der Waals surface area contributed by atoms with Gasteiger partial charge in [-0.3, -0.25) is 0 Å². The summed E-state index contributed by atoms with van der Waals surface area (Å²) < 4.78 is 0. The van der Waals surface area contributed by atoms with Crippen LogP contribution in [0.25, 0.3) is 0 Å². The van der Waals surface area contributed by atoms with Crippen molar-refractivity contribution in [2.75, 3.05) is 5.73 Å². The second kappa shape index (κ2) is 5.97. The first-order valence-electron chi connectivity index (χ1n) is 4.91. The molecular weight excluding hydrogens is 313 g/mol. The van der Waals surface area contributed by atoms with E-state index in [0.29, 0.717) is 26.0 Å². The molecule has 0 amide bonds. The van der Waals surface area contributed by atoms with Gasteiger partial charge in [-0.05, 0) is 17.7 Å². The van der Waals surface area contributed by atoms with Gasteiger partial charge in [-0.2, -0.15) is 0 Å². The van der Waals surface area contributed by atoms with Crippen LogP contribution in [0.3, 0.4) is 0 Å². The Kier molecular flexibility index (Phi) is 4.56. The van der Waals surface area contributed by atoms with Crippen LogP contribution >= 0.6 is 46.6 Å². The van der Waals surface area contributed by atoms with E-state index in [1.165, 1.54) is 11.8 Å². The number of nitrogen functional groups attached to an aromatic ring is 1. The standard InChI is InChI=1S/C11H8Cl3N3S/c12-7-2-1-6(8(13)3-7)5-18-10-4-9(14)16-11(15)17-10/h1-4H,5H2,(H2,15,16,17). The molecule has 18 heavy (non-hydrogen) atoms. The smallest absolute Gasteiger partial charge is 0.222 e. The van der Waals surface area contributed by atoms with Crippen LogP contribution in [0, 0.1) is 0 Å². The molecule has 7 heteroatoms. The molecule has 2 aromatic rings. The first-order chi connectivity index (χ1) is 8.54. The summed E-state index contributed by atoms with van der Waals surface area (Å²) in [5.41, 5.74) is 6.49. The van der Waals surface area contributed by atoms with Crippen molar-refractivity contribution in [3.63, 3.8) is 0 Å². The Morgan fingerprint density at radius 1 is 1.11 bits per heavy atom. The summed E-state index contributed by atoms with van der Waals surface area (Å²) in [4.78, 5) is 7.87. The summed E-state index contributed by atoms with van der Waals surface area (Å²) in [6.07, 6.45) is 0. The predicted molar refractivity (Wildman–Crippen MR) is 77.5 cm³/mol. The molecule has 94 valence electrons. The molecule has 1 aromatic carbocycles. The fourth-order valence-corrected chi connectivity index (χ4v) is 3.00. The molecule has 0 fully saturated rings. The summed E-state index contributed by atoms with van der Waals surface area (Å²) in [7, 11) is 0. The Bertz CT molecular complexity index is 557. The zero-order chi connectivity index (χ0) is 13.1. The number of hydrogen-bond donors (Lipinski definition) is 1. The van der Waals surface area contributed by atoms with Crippen molar-refractivity contribution in [1.82, 2.24) is 9.97 Å². The Labute approximate surface area is 124 Å². The van der Waals surface area contributed by atoms with E-state index < -0.39 is 0 Å². The topological polar surface area (TPSA) is 51.8 Å². The van der Waals surface area contributed by atoms with Gasteiger partial charge in [0.2, 0.25) is 5.95 Å². The molecule has 1 aromatic heterocycles. The third kappa shape index (κ3) is 3.65. The highest BCUT2D eigenvalue weighted by molar-refractivity contribution is 7.98. The number of hydrogen-bond acceptors (Lipinski definition) is 4. The molecule has 2 N–H and O–H groups in total. The molecule has 0 unspecified atom stereocenters. The van der Waals surface area contributed by atoms with E-state index in [-0.39, 0.29) is 5.95 Å². The number of benzene rings is 1. The van der Waals surface area contributed by atoms with Crippen LogP contribution in [-0.2, 0) is 5.75 Å². The normalized spacial score (nSPS) is 10.6. The molecule has 3 nitrogen and oxygen atoms in total. The first kappa shape index (κ1) is 13.7. The van der Waals surface area contributed by atoms with Gasteiger partial charge >= 0.3 is 0 Å². The van der Waals surface area contributed by atoms with Crippen molar-refractivity contribution < 1.29 is 0 Å². The maximum atomic E-state index is 6.08. The number of nitrogens with two attached hydrogens (primary N) is 1. The highest BCUT2D eigenvalue weighted by atomic mass is 35.5. The monoisotopic (exact) mass is 319 g/mol. The van der Waals surface area contributed by atoms with Gasteiger partial charge in [-0.25, -0.2) is 9.97 Å². The zero-order valence-corrected chi connectivity index (χ0v) is 12.1. The van der Waals surface area contributed by atoms with Crippen LogP contribution in [0.15, 0.2) is 29.3 Å². The van der Waals surface area contributed by atoms with E-state index in [0.717, 1.165) is 5.56 Å². The molecule has 0 spiro atoms. The van der Waals surface area contributed by atoms with Crippen molar-refractivity contribution in [3.05, 3.63) is 45.0 Å². The van der Waals surface area contributed by atoms with Crippen molar-refractivity contribution in [1.29, 1.82) is 0 Å². The summed E-state index contributed by atoms with van der Waals surface area (Å²) in [6.45, 7) is 0. The lowest BCUT2D eigenvalue weighted by atomic mass is 10.2. The van der Waals surface area contributed by atoms with Crippen LogP contribution < -0.4 is 5.73 Å². The quantitative estimate of drug-likeness (QED) is 0.676. The SMILES string of the molecule is Nc1nc(Cl)cc(SCc2ccc(Cl)cc2Cl)n1. The maximum Gasteiger partial charge on any atom is 0.222 e. The number of halogens is 3. The number of anilines is 1. The van der Waals surface area contributed by atoms with Gasteiger partial charge in [0.1, 0.15) is 10.2 Å². The van der Waals surface area contributed by atoms with Gasteiger partial charge in [-0.15, -0.1) is 11.8 Å². The van der Waals surface area contributed by atoms with Crippen LogP contribution in [-0.4, -0.2) is 9.97 Å². The lowest BCUT2D eigenvalue weighted by molar-refractivity contribution is 1.06. The van der Waals surface area contributed by atoms with E-state index in [1.54, 1.807) is 18.2 Å². The highest BCUT2D eigenvalue weighted by Crippen LogP contribution is 2.28. The van der Waals surface area contributed by atoms with Crippen LogP contribution in [0.5, 0.6) is 0 Å². The summed E-state index contributed by atoms with van der Waals surface area (Å²) >= 11 is 19.2. The third-order valence-electron chi connectivity index (χ3n) is 2.08. The van der Waals surface area contributed by atoms with E-state index >= 15 is 0 Å². The van der Waals surface area contributed by atoms with Crippen molar-refractivity contribution in [2.24, 2.45) is 0 Å². The second-order valence-electron chi connectivity index (χ2n) is 3.41. The Balaban J connectivity index is 2.11. The molecule has 0 aliphatic carbocycles. The fraction of sp³-hybridized carbons (Fsp3) is 0.0909. The first-order valence-corrected chi connectivity index (χ1v) is 7.03. The predicted octanol–water partition coefficient (Wildman–Crippen LogP) is 4.31. The van der Waals surface area contributed by atoms with Gasteiger partial charge in [0.25, 0.3) is 0 Å². The zero-order valence-electron chi connectivity index (χ0n) is 9.03. The van der Waals surface area contributed by atoms with Crippen molar-refractivity contribution in [3.8, 4) is 0 Å². The molecule has 2 rings (SSSR count). The van der Waals surface area contributed by atoms with Crippen molar-refractivity contribution in [2.45, 2.75) is 10.8 Å². The maximum absolute atomic E-state index is 6.08. The van der Waals surface area contributed by atoms with E-state index in [2.05, 4.69) is 9.97 Å². The number of aromatic nitrogens is 2. The minimum atomic E-state index is 0.159. The fourth-order valence-electron chi connectivity index (χ4n) is 1.28. The van der Waals surface area contributed by atoms with Gasteiger partial charge < -0.3 is 5.73 Å². The summed E-state index contributed by atoms with van der Waals surface area (Å²) in [5.74, 6) is 0.815. The highest BCUT2D eigenvalue weighted by Gasteiger charge is 2.05. The molecular formula is C11H8Cl3N3S. The average Bonchev–Trinajstić information content (AvgIpc) is 2.26. The molecule has 1 heterocycles. The molecule has 0 aliphatic rings.